The van der Waals surface area contributed by atoms with E-state index in [-0.39, 0.29) is 9.23 Å². The first-order chi connectivity index (χ1) is 7.30. The minimum absolute atomic E-state index is 0.0735. The Morgan fingerprint density at radius 2 is 2.06 bits per heavy atom. The smallest absolute Gasteiger partial charge is 0.281 e. The lowest BCUT2D eigenvalue weighted by Crippen LogP contribution is -1.96. The molecule has 16 heavy (non-hydrogen) atoms. The maximum absolute atomic E-state index is 13.2. The van der Waals surface area contributed by atoms with E-state index in [0.29, 0.717) is 15.6 Å². The van der Waals surface area contributed by atoms with Crippen LogP contribution >= 0.6 is 22.9 Å². The van der Waals surface area contributed by atoms with Gasteiger partial charge in [0, 0.05) is 4.70 Å². The molecule has 0 saturated heterocycles. The first-order valence-corrected chi connectivity index (χ1v) is 6.80. The van der Waals surface area contributed by atoms with Crippen LogP contribution in [0.15, 0.2) is 16.3 Å². The lowest BCUT2D eigenvalue weighted by molar-refractivity contribution is 0.485. The van der Waals surface area contributed by atoms with Gasteiger partial charge in [0.05, 0.1) is 5.02 Å². The fraction of sp³-hybridized carbons (Fsp3) is 0.111. The molecular weight excluding hydrogens is 275 g/mol. The standard InChI is InChI=1S/C9H6ClFO3S2/c1-4-5-2-7(11)6(10)3-8(5)15-9(4)16(12,13)14/h2-3H,1H3,(H,12,13,14). The van der Waals surface area contributed by atoms with E-state index in [9.17, 15) is 12.8 Å². The average molecular weight is 281 g/mol. The van der Waals surface area contributed by atoms with Crippen molar-refractivity contribution in [2.45, 2.75) is 11.1 Å². The third kappa shape index (κ3) is 1.82. The van der Waals surface area contributed by atoms with Crippen LogP contribution in [0.5, 0.6) is 0 Å². The normalized spacial score (nSPS) is 12.2. The summed E-state index contributed by atoms with van der Waals surface area (Å²) in [5.74, 6) is -0.614. The second kappa shape index (κ2) is 3.66. The maximum atomic E-state index is 13.2. The van der Waals surface area contributed by atoms with E-state index in [2.05, 4.69) is 0 Å². The Hall–Kier alpha value is -0.690. The summed E-state index contributed by atoms with van der Waals surface area (Å²) in [5, 5.41) is 0.371. The summed E-state index contributed by atoms with van der Waals surface area (Å²) < 4.78 is 44.6. The summed E-state index contributed by atoms with van der Waals surface area (Å²) in [6, 6.07) is 2.51. The molecule has 0 aliphatic carbocycles. The Kier molecular flexibility index (Phi) is 2.70. The number of rotatable bonds is 1. The van der Waals surface area contributed by atoms with Gasteiger partial charge in [0.2, 0.25) is 0 Å². The van der Waals surface area contributed by atoms with Crippen molar-refractivity contribution in [3.05, 3.63) is 28.5 Å². The zero-order valence-corrected chi connectivity index (χ0v) is 10.4. The number of aryl methyl sites for hydroxylation is 1. The van der Waals surface area contributed by atoms with E-state index in [1.807, 2.05) is 0 Å². The third-order valence-electron chi connectivity index (χ3n) is 2.17. The van der Waals surface area contributed by atoms with Crippen LogP contribution in [-0.4, -0.2) is 13.0 Å². The number of hydrogen-bond donors (Lipinski definition) is 1. The SMILES string of the molecule is Cc1c(S(=O)(=O)O)sc2cc(Cl)c(F)cc12. The Labute approximate surface area is 100 Å². The average Bonchev–Trinajstić information content (AvgIpc) is 2.45. The van der Waals surface area contributed by atoms with E-state index in [0.717, 1.165) is 17.4 Å². The van der Waals surface area contributed by atoms with Crippen LogP contribution in [0.25, 0.3) is 10.1 Å². The molecule has 2 aromatic rings. The fourth-order valence-corrected chi connectivity index (χ4v) is 3.82. The molecule has 1 aromatic carbocycles. The number of halogens is 2. The van der Waals surface area contributed by atoms with Crippen LogP contribution in [0.2, 0.25) is 5.02 Å². The maximum Gasteiger partial charge on any atom is 0.304 e. The molecule has 0 atom stereocenters. The molecule has 2 rings (SSSR count). The quantitative estimate of drug-likeness (QED) is 0.816. The molecule has 86 valence electrons. The zero-order chi connectivity index (χ0) is 12.1. The Morgan fingerprint density at radius 3 is 2.62 bits per heavy atom. The molecule has 0 unspecified atom stereocenters. The monoisotopic (exact) mass is 280 g/mol. The lowest BCUT2D eigenvalue weighted by atomic mass is 10.2. The Bertz CT molecular complexity index is 676. The van der Waals surface area contributed by atoms with Crippen LogP contribution in [0.1, 0.15) is 5.56 Å². The van der Waals surface area contributed by atoms with Crippen molar-refractivity contribution in [3.8, 4) is 0 Å². The van der Waals surface area contributed by atoms with Crippen molar-refractivity contribution in [2.24, 2.45) is 0 Å². The molecule has 0 aliphatic heterocycles. The molecule has 1 N–H and O–H groups in total. The molecule has 0 saturated carbocycles. The largest absolute Gasteiger partial charge is 0.304 e. The molecule has 1 heterocycles. The molecule has 0 bridgehead atoms. The molecule has 0 fully saturated rings. The summed E-state index contributed by atoms with van der Waals surface area (Å²) in [6.07, 6.45) is 0. The van der Waals surface area contributed by atoms with Crippen molar-refractivity contribution in [1.29, 1.82) is 0 Å². The van der Waals surface area contributed by atoms with Crippen LogP contribution in [0.3, 0.4) is 0 Å². The van der Waals surface area contributed by atoms with Crippen molar-refractivity contribution in [1.82, 2.24) is 0 Å². The molecule has 7 heteroatoms. The minimum Gasteiger partial charge on any atom is -0.281 e. The van der Waals surface area contributed by atoms with Gasteiger partial charge in [-0.15, -0.1) is 11.3 Å². The van der Waals surface area contributed by atoms with Gasteiger partial charge in [-0.1, -0.05) is 11.6 Å². The zero-order valence-electron chi connectivity index (χ0n) is 7.99. The van der Waals surface area contributed by atoms with Crippen LogP contribution in [0.4, 0.5) is 4.39 Å². The van der Waals surface area contributed by atoms with Crippen LogP contribution in [-0.2, 0) is 10.1 Å². The molecule has 0 radical (unpaired) electrons. The van der Waals surface area contributed by atoms with E-state index in [1.54, 1.807) is 0 Å². The number of fused-ring (bicyclic) bond motifs is 1. The first-order valence-electron chi connectivity index (χ1n) is 4.16. The molecule has 0 amide bonds. The van der Waals surface area contributed by atoms with E-state index >= 15 is 0 Å². The summed E-state index contributed by atoms with van der Waals surface area (Å²) >= 11 is 6.45. The van der Waals surface area contributed by atoms with Gasteiger partial charge in [-0.25, -0.2) is 4.39 Å². The van der Waals surface area contributed by atoms with Crippen molar-refractivity contribution in [2.75, 3.05) is 0 Å². The van der Waals surface area contributed by atoms with Gasteiger partial charge in [0.25, 0.3) is 0 Å². The predicted octanol–water partition coefficient (Wildman–Crippen LogP) is 3.25. The van der Waals surface area contributed by atoms with Crippen molar-refractivity contribution in [3.63, 3.8) is 0 Å². The lowest BCUT2D eigenvalue weighted by Gasteiger charge is -1.95. The second-order valence-corrected chi connectivity index (χ2v) is 6.33. The van der Waals surface area contributed by atoms with Crippen LogP contribution < -0.4 is 0 Å². The summed E-state index contributed by atoms with van der Waals surface area (Å²) in [5.41, 5.74) is 0.332. The fourth-order valence-electron chi connectivity index (χ4n) is 1.44. The Morgan fingerprint density at radius 1 is 1.44 bits per heavy atom. The van der Waals surface area contributed by atoms with Crippen LogP contribution in [0, 0.1) is 12.7 Å². The van der Waals surface area contributed by atoms with Gasteiger partial charge in [-0.2, -0.15) is 8.42 Å². The van der Waals surface area contributed by atoms with E-state index in [4.69, 9.17) is 16.2 Å². The Balaban J connectivity index is 2.89. The van der Waals surface area contributed by atoms with E-state index in [1.165, 1.54) is 13.0 Å². The van der Waals surface area contributed by atoms with Crippen molar-refractivity contribution < 1.29 is 17.4 Å². The van der Waals surface area contributed by atoms with Gasteiger partial charge in [-0.05, 0) is 30.0 Å². The first kappa shape index (κ1) is 11.8. The highest BCUT2D eigenvalue weighted by Crippen LogP contribution is 2.36. The second-order valence-electron chi connectivity index (χ2n) is 3.25. The molecule has 1 aromatic heterocycles. The highest BCUT2D eigenvalue weighted by molar-refractivity contribution is 7.88. The van der Waals surface area contributed by atoms with E-state index < -0.39 is 15.9 Å². The van der Waals surface area contributed by atoms with Gasteiger partial charge in [-0.3, -0.25) is 4.55 Å². The minimum atomic E-state index is -4.27. The number of thiophene rings is 1. The van der Waals surface area contributed by atoms with Gasteiger partial charge < -0.3 is 0 Å². The summed E-state index contributed by atoms with van der Waals surface area (Å²) in [7, 11) is -4.27. The summed E-state index contributed by atoms with van der Waals surface area (Å²) in [6.45, 7) is 1.51. The topological polar surface area (TPSA) is 54.4 Å². The molecule has 3 nitrogen and oxygen atoms in total. The van der Waals surface area contributed by atoms with Gasteiger partial charge in [0.1, 0.15) is 5.82 Å². The number of hydrogen-bond acceptors (Lipinski definition) is 3. The molecular formula is C9H6ClFO3S2. The van der Waals surface area contributed by atoms with Gasteiger partial charge in [0.15, 0.2) is 4.21 Å². The highest BCUT2D eigenvalue weighted by atomic mass is 35.5. The molecule has 0 spiro atoms. The highest BCUT2D eigenvalue weighted by Gasteiger charge is 2.20. The third-order valence-corrected chi connectivity index (χ3v) is 5.17. The van der Waals surface area contributed by atoms with Gasteiger partial charge >= 0.3 is 10.1 Å². The molecule has 0 aliphatic rings. The number of benzene rings is 1. The predicted molar refractivity (Wildman–Crippen MR) is 61.3 cm³/mol. The summed E-state index contributed by atoms with van der Waals surface area (Å²) in [4.78, 5) is 0. The van der Waals surface area contributed by atoms with Crippen molar-refractivity contribution >= 4 is 43.1 Å².